The van der Waals surface area contributed by atoms with Gasteiger partial charge in [-0.3, -0.25) is 4.79 Å². The summed E-state index contributed by atoms with van der Waals surface area (Å²) in [4.78, 5) is 27.1. The van der Waals surface area contributed by atoms with Crippen LogP contribution in [0, 0.1) is 0 Å². The van der Waals surface area contributed by atoms with E-state index in [4.69, 9.17) is 0 Å². The maximum Gasteiger partial charge on any atom is 0.321 e. The third-order valence-corrected chi connectivity index (χ3v) is 8.05. The van der Waals surface area contributed by atoms with Gasteiger partial charge in [-0.2, -0.15) is 4.31 Å². The van der Waals surface area contributed by atoms with Crippen LogP contribution in [0.25, 0.3) is 0 Å². The second-order valence-electron chi connectivity index (χ2n) is 8.47. The Morgan fingerprint density at radius 1 is 0.848 bits per heavy atom. The highest BCUT2D eigenvalue weighted by molar-refractivity contribution is 7.89. The summed E-state index contributed by atoms with van der Waals surface area (Å²) in [6.07, 6.45) is 4.73. The van der Waals surface area contributed by atoms with Crippen LogP contribution in [0.2, 0.25) is 0 Å². The Labute approximate surface area is 195 Å². The number of benzene rings is 2. The Morgan fingerprint density at radius 2 is 1.55 bits per heavy atom. The van der Waals surface area contributed by atoms with Gasteiger partial charge >= 0.3 is 6.03 Å². The molecule has 4 rings (SSSR count). The zero-order chi connectivity index (χ0) is 23.3. The Kier molecular flexibility index (Phi) is 7.29. The molecule has 0 unspecified atom stereocenters. The smallest absolute Gasteiger partial charge is 0.321 e. The van der Waals surface area contributed by atoms with Crippen LogP contribution in [-0.2, 0) is 16.6 Å². The summed E-state index contributed by atoms with van der Waals surface area (Å²) >= 11 is 0. The first-order valence-electron chi connectivity index (χ1n) is 11.5. The van der Waals surface area contributed by atoms with Gasteiger partial charge in [0.05, 0.1) is 10.5 Å². The topological polar surface area (TPSA) is 98.8 Å². The normalized spacial score (nSPS) is 17.0. The quantitative estimate of drug-likeness (QED) is 0.676. The Hall–Kier alpha value is -2.91. The lowest BCUT2D eigenvalue weighted by Crippen LogP contribution is -2.37. The van der Waals surface area contributed by atoms with Crippen molar-refractivity contribution in [3.05, 3.63) is 59.7 Å². The van der Waals surface area contributed by atoms with E-state index in [-0.39, 0.29) is 23.0 Å². The molecule has 0 atom stereocenters. The molecular formula is C24H30N4O4S. The molecule has 2 saturated heterocycles. The molecule has 2 aromatic carbocycles. The molecule has 2 aromatic rings. The van der Waals surface area contributed by atoms with Crippen LogP contribution in [0.4, 0.5) is 10.5 Å². The highest BCUT2D eigenvalue weighted by atomic mass is 32.2. The van der Waals surface area contributed by atoms with Crippen molar-refractivity contribution in [2.75, 3.05) is 31.5 Å². The van der Waals surface area contributed by atoms with Gasteiger partial charge in [-0.15, -0.1) is 0 Å². The molecule has 2 fully saturated rings. The van der Waals surface area contributed by atoms with Crippen molar-refractivity contribution in [1.82, 2.24) is 14.5 Å². The molecule has 0 spiro atoms. The molecule has 0 saturated carbocycles. The zero-order valence-corrected chi connectivity index (χ0v) is 19.4. The lowest BCUT2D eigenvalue weighted by atomic mass is 10.1. The zero-order valence-electron chi connectivity index (χ0n) is 18.6. The number of carbonyl (C=O) groups is 2. The van der Waals surface area contributed by atoms with E-state index >= 15 is 0 Å². The summed E-state index contributed by atoms with van der Waals surface area (Å²) in [5, 5.41) is 5.72. The van der Waals surface area contributed by atoms with Crippen molar-refractivity contribution >= 4 is 27.6 Å². The highest BCUT2D eigenvalue weighted by Gasteiger charge is 2.29. The molecule has 0 aliphatic carbocycles. The van der Waals surface area contributed by atoms with Gasteiger partial charge in [0, 0.05) is 38.4 Å². The number of hydrogen-bond acceptors (Lipinski definition) is 4. The number of hydrogen-bond donors (Lipinski definition) is 2. The Bertz CT molecular complexity index is 1110. The number of anilines is 1. The minimum Gasteiger partial charge on any atom is -0.348 e. The van der Waals surface area contributed by atoms with Gasteiger partial charge in [-0.1, -0.05) is 30.7 Å². The van der Waals surface area contributed by atoms with Gasteiger partial charge in [-0.25, -0.2) is 13.2 Å². The van der Waals surface area contributed by atoms with E-state index in [2.05, 4.69) is 10.6 Å². The molecule has 9 heteroatoms. The van der Waals surface area contributed by atoms with Crippen LogP contribution < -0.4 is 10.6 Å². The number of nitrogens with one attached hydrogen (secondary N) is 2. The summed E-state index contributed by atoms with van der Waals surface area (Å²) in [7, 11) is -3.73. The number of likely N-dealkylation sites (tertiary alicyclic amines) is 1. The first-order valence-corrected chi connectivity index (χ1v) is 12.9. The number of piperidine rings is 1. The summed E-state index contributed by atoms with van der Waals surface area (Å²) < 4.78 is 27.8. The first kappa shape index (κ1) is 23.3. The Balaban J connectivity index is 1.43. The number of rotatable bonds is 6. The number of nitrogens with zero attached hydrogens (tertiary/aromatic N) is 2. The fourth-order valence-electron chi connectivity index (χ4n) is 4.28. The predicted molar refractivity (Wildman–Crippen MR) is 126 cm³/mol. The first-order chi connectivity index (χ1) is 15.9. The maximum absolute atomic E-state index is 13.1. The van der Waals surface area contributed by atoms with Crippen molar-refractivity contribution in [2.24, 2.45) is 0 Å². The summed E-state index contributed by atoms with van der Waals surface area (Å²) in [6, 6.07) is 13.5. The van der Waals surface area contributed by atoms with Gasteiger partial charge in [0.2, 0.25) is 10.0 Å². The summed E-state index contributed by atoms with van der Waals surface area (Å²) in [5.41, 5.74) is 1.60. The number of amides is 3. The molecule has 2 heterocycles. The van der Waals surface area contributed by atoms with E-state index < -0.39 is 15.9 Å². The van der Waals surface area contributed by atoms with Crippen LogP contribution in [0.5, 0.6) is 0 Å². The minimum atomic E-state index is -3.73. The van der Waals surface area contributed by atoms with Crippen molar-refractivity contribution in [3.63, 3.8) is 0 Å². The molecule has 33 heavy (non-hydrogen) atoms. The van der Waals surface area contributed by atoms with E-state index in [0.717, 1.165) is 50.8 Å². The van der Waals surface area contributed by atoms with Crippen LogP contribution in [0.15, 0.2) is 53.4 Å². The van der Waals surface area contributed by atoms with Gasteiger partial charge < -0.3 is 15.5 Å². The van der Waals surface area contributed by atoms with Crippen LogP contribution >= 0.6 is 0 Å². The third kappa shape index (κ3) is 5.54. The minimum absolute atomic E-state index is 0.0380. The molecule has 2 aliphatic heterocycles. The van der Waals surface area contributed by atoms with E-state index in [1.54, 1.807) is 29.2 Å². The molecule has 0 radical (unpaired) electrons. The van der Waals surface area contributed by atoms with Gasteiger partial charge in [0.1, 0.15) is 0 Å². The summed E-state index contributed by atoms with van der Waals surface area (Å²) in [5.74, 6) is -0.447. The second-order valence-corrected chi connectivity index (χ2v) is 10.4. The van der Waals surface area contributed by atoms with Crippen molar-refractivity contribution in [2.45, 2.75) is 43.5 Å². The number of carbonyl (C=O) groups excluding carboxylic acids is 2. The van der Waals surface area contributed by atoms with E-state index in [1.807, 2.05) is 18.2 Å². The number of urea groups is 1. The molecule has 176 valence electrons. The van der Waals surface area contributed by atoms with E-state index in [9.17, 15) is 18.0 Å². The van der Waals surface area contributed by atoms with Crippen LogP contribution in [-0.4, -0.2) is 55.7 Å². The van der Waals surface area contributed by atoms with Gasteiger partial charge in [0.25, 0.3) is 5.91 Å². The molecule has 0 aromatic heterocycles. The molecule has 8 nitrogen and oxygen atoms in total. The van der Waals surface area contributed by atoms with E-state index in [1.165, 1.54) is 10.4 Å². The average molecular weight is 471 g/mol. The maximum atomic E-state index is 13.1. The SMILES string of the molecule is O=C(NCc1cccc(NC(=O)N2CCCC2)c1)c1ccccc1S(=O)(=O)N1CCCCC1. The van der Waals surface area contributed by atoms with E-state index in [0.29, 0.717) is 18.8 Å². The molecule has 3 amide bonds. The number of sulfonamides is 1. The fourth-order valence-corrected chi connectivity index (χ4v) is 5.99. The molecule has 0 bridgehead atoms. The average Bonchev–Trinajstić information content (AvgIpc) is 3.39. The highest BCUT2D eigenvalue weighted by Crippen LogP contribution is 2.24. The Morgan fingerprint density at radius 3 is 2.30 bits per heavy atom. The molecular weight excluding hydrogens is 440 g/mol. The lowest BCUT2D eigenvalue weighted by Gasteiger charge is -2.26. The second kappa shape index (κ2) is 10.4. The van der Waals surface area contributed by atoms with Crippen LogP contribution in [0.1, 0.15) is 48.0 Å². The monoisotopic (exact) mass is 470 g/mol. The molecule has 2 N–H and O–H groups in total. The van der Waals surface area contributed by atoms with Crippen molar-refractivity contribution < 1.29 is 18.0 Å². The van der Waals surface area contributed by atoms with Gasteiger partial charge in [-0.05, 0) is 55.5 Å². The standard InChI is InChI=1S/C24H30N4O4S/c29-23(21-11-2-3-12-22(21)33(31,32)28-15-4-1-5-16-28)25-18-19-9-8-10-20(17-19)26-24(30)27-13-6-7-14-27/h2-3,8-12,17H,1,4-7,13-16,18H2,(H,25,29)(H,26,30). The lowest BCUT2D eigenvalue weighted by molar-refractivity contribution is 0.0947. The van der Waals surface area contributed by atoms with Gasteiger partial charge in [0.15, 0.2) is 0 Å². The van der Waals surface area contributed by atoms with Crippen molar-refractivity contribution in [1.29, 1.82) is 0 Å². The van der Waals surface area contributed by atoms with Crippen molar-refractivity contribution in [3.8, 4) is 0 Å². The molecule has 2 aliphatic rings. The third-order valence-electron chi connectivity index (χ3n) is 6.09. The largest absolute Gasteiger partial charge is 0.348 e. The fraction of sp³-hybridized carbons (Fsp3) is 0.417. The summed E-state index contributed by atoms with van der Waals surface area (Å²) in [6.45, 7) is 2.70. The van der Waals surface area contributed by atoms with Crippen LogP contribution in [0.3, 0.4) is 0 Å². The predicted octanol–water partition coefficient (Wildman–Crippen LogP) is 3.42.